The molecular formula is C19H27N3O2S. The first-order valence-corrected chi connectivity index (χ1v) is 9.91. The molecule has 0 saturated carbocycles. The van der Waals surface area contributed by atoms with Crippen LogP contribution >= 0.6 is 11.3 Å². The van der Waals surface area contributed by atoms with Gasteiger partial charge in [-0.1, -0.05) is 12.1 Å². The Morgan fingerprint density at radius 2 is 2.08 bits per heavy atom. The highest BCUT2D eigenvalue weighted by molar-refractivity contribution is 7.18. The maximum atomic E-state index is 12.0. The Labute approximate surface area is 153 Å². The molecule has 25 heavy (non-hydrogen) atoms. The van der Waals surface area contributed by atoms with Gasteiger partial charge in [-0.05, 0) is 32.4 Å². The first kappa shape index (κ1) is 18.3. The summed E-state index contributed by atoms with van der Waals surface area (Å²) in [6.45, 7) is 7.94. The molecule has 0 aliphatic carbocycles. The van der Waals surface area contributed by atoms with Crippen LogP contribution in [0.25, 0.3) is 10.2 Å². The van der Waals surface area contributed by atoms with Crippen LogP contribution in [0.1, 0.15) is 31.7 Å². The number of amides is 1. The third-order valence-electron chi connectivity index (χ3n) is 4.37. The topological polar surface area (TPSA) is 54.5 Å². The average Bonchev–Trinajstić information content (AvgIpc) is 2.99. The van der Waals surface area contributed by atoms with Gasteiger partial charge in [0.15, 0.2) is 0 Å². The minimum atomic E-state index is 0.114. The number of benzene rings is 1. The summed E-state index contributed by atoms with van der Waals surface area (Å²) in [5.41, 5.74) is 1.02. The zero-order valence-corrected chi connectivity index (χ0v) is 15.8. The van der Waals surface area contributed by atoms with Gasteiger partial charge < -0.3 is 10.1 Å². The number of ether oxygens (including phenoxy) is 1. The molecule has 1 aliphatic heterocycles. The molecule has 0 unspecified atom stereocenters. The highest BCUT2D eigenvalue weighted by atomic mass is 32.1. The number of hydrogen-bond acceptors (Lipinski definition) is 5. The highest BCUT2D eigenvalue weighted by Crippen LogP contribution is 2.22. The van der Waals surface area contributed by atoms with E-state index in [1.165, 1.54) is 4.70 Å². The Morgan fingerprint density at radius 1 is 1.32 bits per heavy atom. The third kappa shape index (κ3) is 5.49. The van der Waals surface area contributed by atoms with E-state index in [1.54, 1.807) is 11.3 Å². The third-order valence-corrected chi connectivity index (χ3v) is 5.47. The summed E-state index contributed by atoms with van der Waals surface area (Å²) in [4.78, 5) is 19.0. The van der Waals surface area contributed by atoms with Gasteiger partial charge in [0.05, 0.1) is 27.4 Å². The molecule has 1 aliphatic rings. The second-order valence-electron chi connectivity index (χ2n) is 6.80. The Morgan fingerprint density at radius 3 is 2.84 bits per heavy atom. The van der Waals surface area contributed by atoms with Crippen molar-refractivity contribution in [3.05, 3.63) is 29.3 Å². The Bertz CT molecular complexity index is 660. The maximum absolute atomic E-state index is 12.0. The summed E-state index contributed by atoms with van der Waals surface area (Å²) in [5, 5.41) is 4.06. The second-order valence-corrected chi connectivity index (χ2v) is 7.91. The van der Waals surface area contributed by atoms with Crippen molar-refractivity contribution >= 4 is 27.5 Å². The van der Waals surface area contributed by atoms with E-state index < -0.39 is 0 Å². The summed E-state index contributed by atoms with van der Waals surface area (Å²) < 4.78 is 6.93. The number of nitrogens with one attached hydrogen (secondary N) is 1. The molecule has 0 spiro atoms. The molecule has 2 atom stereocenters. The summed E-state index contributed by atoms with van der Waals surface area (Å²) in [5.74, 6) is 0.114. The van der Waals surface area contributed by atoms with Crippen molar-refractivity contribution < 1.29 is 9.53 Å². The van der Waals surface area contributed by atoms with E-state index in [-0.39, 0.29) is 5.91 Å². The molecule has 2 heterocycles. The van der Waals surface area contributed by atoms with Crippen LogP contribution in [0.15, 0.2) is 24.3 Å². The molecule has 1 aromatic heterocycles. The number of thiazole rings is 1. The Kier molecular flexibility index (Phi) is 6.39. The van der Waals surface area contributed by atoms with Crippen LogP contribution in [0.2, 0.25) is 0 Å². The molecule has 1 aromatic carbocycles. The van der Waals surface area contributed by atoms with Gasteiger partial charge in [-0.25, -0.2) is 4.98 Å². The van der Waals surface area contributed by atoms with Gasteiger partial charge in [-0.3, -0.25) is 9.69 Å². The van der Waals surface area contributed by atoms with Crippen molar-refractivity contribution in [2.24, 2.45) is 0 Å². The number of aromatic nitrogens is 1. The van der Waals surface area contributed by atoms with Gasteiger partial charge in [-0.15, -0.1) is 11.3 Å². The fraction of sp³-hybridized carbons (Fsp3) is 0.579. The molecule has 1 N–H and O–H groups in total. The normalized spacial score (nSPS) is 21.5. The number of fused-ring (bicyclic) bond motifs is 1. The number of aryl methyl sites for hydroxylation is 1. The summed E-state index contributed by atoms with van der Waals surface area (Å²) in [7, 11) is 0. The predicted molar refractivity (Wildman–Crippen MR) is 102 cm³/mol. The van der Waals surface area contributed by atoms with E-state index in [0.717, 1.165) is 43.1 Å². The minimum absolute atomic E-state index is 0.114. The van der Waals surface area contributed by atoms with Gasteiger partial charge in [0.25, 0.3) is 0 Å². The van der Waals surface area contributed by atoms with Crippen molar-refractivity contribution in [3.8, 4) is 0 Å². The number of carbonyl (C=O) groups is 1. The van der Waals surface area contributed by atoms with Crippen LogP contribution in [0.3, 0.4) is 0 Å². The lowest BCUT2D eigenvalue weighted by Gasteiger charge is -2.35. The van der Waals surface area contributed by atoms with Crippen LogP contribution in [0.4, 0.5) is 0 Å². The molecule has 2 aromatic rings. The van der Waals surface area contributed by atoms with Gasteiger partial charge in [0.1, 0.15) is 0 Å². The van der Waals surface area contributed by atoms with Crippen molar-refractivity contribution in [1.82, 2.24) is 15.2 Å². The minimum Gasteiger partial charge on any atom is -0.373 e. The first-order chi connectivity index (χ1) is 12.1. The van der Waals surface area contributed by atoms with E-state index in [4.69, 9.17) is 4.74 Å². The molecule has 5 nitrogen and oxygen atoms in total. The molecule has 1 amide bonds. The molecule has 1 saturated heterocycles. The van der Waals surface area contributed by atoms with Gasteiger partial charge >= 0.3 is 0 Å². The van der Waals surface area contributed by atoms with Gasteiger partial charge in [-0.2, -0.15) is 0 Å². The monoisotopic (exact) mass is 361 g/mol. The van der Waals surface area contributed by atoms with Crippen molar-refractivity contribution in [3.63, 3.8) is 0 Å². The number of nitrogens with zero attached hydrogens (tertiary/aromatic N) is 2. The van der Waals surface area contributed by atoms with Gasteiger partial charge in [0.2, 0.25) is 5.91 Å². The number of hydrogen-bond donors (Lipinski definition) is 1. The molecule has 1 fully saturated rings. The van der Waals surface area contributed by atoms with Crippen molar-refractivity contribution in [2.45, 2.75) is 45.3 Å². The number of morpholine rings is 1. The molecule has 0 bridgehead atoms. The van der Waals surface area contributed by atoms with Crippen LogP contribution in [-0.4, -0.2) is 54.2 Å². The van der Waals surface area contributed by atoms with Crippen molar-refractivity contribution in [1.29, 1.82) is 0 Å². The second kappa shape index (κ2) is 8.74. The lowest BCUT2D eigenvalue weighted by atomic mass is 10.2. The van der Waals surface area contributed by atoms with Crippen LogP contribution < -0.4 is 5.32 Å². The van der Waals surface area contributed by atoms with E-state index >= 15 is 0 Å². The standard InChI is InChI=1S/C19H27N3O2S/c1-14-12-22(13-15(2)24-14)11-5-10-20-18(23)8-9-19-21-16-6-3-4-7-17(16)25-19/h3-4,6-7,14-15H,5,8-13H2,1-2H3,(H,20,23)/t14-,15+. The fourth-order valence-corrected chi connectivity index (χ4v) is 4.30. The Balaban J connectivity index is 1.33. The van der Waals surface area contributed by atoms with E-state index in [9.17, 15) is 4.79 Å². The van der Waals surface area contributed by atoms with E-state index in [1.807, 2.05) is 18.2 Å². The SMILES string of the molecule is C[C@@H]1CN(CCCNC(=O)CCc2nc3ccccc3s2)C[C@H](C)O1. The quantitative estimate of drug-likeness (QED) is 0.771. The van der Waals surface area contributed by atoms with Crippen LogP contribution in [0, 0.1) is 0 Å². The lowest BCUT2D eigenvalue weighted by Crippen LogP contribution is -2.46. The molecule has 136 valence electrons. The lowest BCUT2D eigenvalue weighted by molar-refractivity contribution is -0.121. The summed E-state index contributed by atoms with van der Waals surface area (Å²) in [6, 6.07) is 8.11. The zero-order valence-electron chi connectivity index (χ0n) is 15.0. The van der Waals surface area contributed by atoms with E-state index in [2.05, 4.69) is 35.1 Å². The summed E-state index contributed by atoms with van der Waals surface area (Å²) in [6.07, 6.45) is 2.79. The smallest absolute Gasteiger partial charge is 0.220 e. The molecule has 3 rings (SSSR count). The highest BCUT2D eigenvalue weighted by Gasteiger charge is 2.21. The average molecular weight is 362 g/mol. The predicted octanol–water partition coefficient (Wildman–Crippen LogP) is 2.84. The van der Waals surface area contributed by atoms with Gasteiger partial charge in [0, 0.05) is 39.0 Å². The largest absolute Gasteiger partial charge is 0.373 e. The first-order valence-electron chi connectivity index (χ1n) is 9.09. The van der Waals surface area contributed by atoms with Crippen LogP contribution in [-0.2, 0) is 16.0 Å². The number of rotatable bonds is 7. The molecule has 0 radical (unpaired) electrons. The maximum Gasteiger partial charge on any atom is 0.220 e. The fourth-order valence-electron chi connectivity index (χ4n) is 3.33. The molecular weight excluding hydrogens is 334 g/mol. The number of para-hydroxylation sites is 1. The zero-order chi connectivity index (χ0) is 17.6. The van der Waals surface area contributed by atoms with Crippen LogP contribution in [0.5, 0.6) is 0 Å². The van der Waals surface area contributed by atoms with E-state index in [0.29, 0.717) is 25.0 Å². The summed E-state index contributed by atoms with van der Waals surface area (Å²) >= 11 is 1.68. The number of carbonyl (C=O) groups excluding carboxylic acids is 1. The van der Waals surface area contributed by atoms with Crippen molar-refractivity contribution in [2.75, 3.05) is 26.2 Å². The Hall–Kier alpha value is -1.50. The molecule has 6 heteroatoms.